The molecule has 1 heteroatoms. The number of aryl methyl sites for hydroxylation is 1. The van der Waals surface area contributed by atoms with Crippen LogP contribution in [0.2, 0.25) is 0 Å². The van der Waals surface area contributed by atoms with Crippen molar-refractivity contribution in [1.82, 2.24) is 0 Å². The normalized spacial score (nSPS) is 11.5. The standard InChI is InChI=1S/C23H16O/c1-15-10-11-16-6-2-3-7-18(16)23(15)17-12-13-22-20(14-17)19-8-4-5-9-21(19)24-22/h2-14H,1H3. The average molecular weight is 308 g/mol. The first-order valence-corrected chi connectivity index (χ1v) is 8.21. The third-order valence-electron chi connectivity index (χ3n) is 4.80. The van der Waals surface area contributed by atoms with Gasteiger partial charge in [0, 0.05) is 10.8 Å². The largest absolute Gasteiger partial charge is 0.456 e. The fraction of sp³-hybridized carbons (Fsp3) is 0.0435. The summed E-state index contributed by atoms with van der Waals surface area (Å²) >= 11 is 0. The monoisotopic (exact) mass is 308 g/mol. The van der Waals surface area contributed by atoms with Gasteiger partial charge in [0.1, 0.15) is 11.2 Å². The van der Waals surface area contributed by atoms with Gasteiger partial charge in [-0.05, 0) is 52.6 Å². The van der Waals surface area contributed by atoms with Gasteiger partial charge in [-0.1, -0.05) is 60.7 Å². The molecule has 0 saturated heterocycles. The highest BCUT2D eigenvalue weighted by Crippen LogP contribution is 2.36. The van der Waals surface area contributed by atoms with Gasteiger partial charge in [-0.25, -0.2) is 0 Å². The molecule has 5 rings (SSSR count). The van der Waals surface area contributed by atoms with Gasteiger partial charge in [0.05, 0.1) is 0 Å². The van der Waals surface area contributed by atoms with Crippen LogP contribution in [0.15, 0.2) is 83.3 Å². The zero-order valence-corrected chi connectivity index (χ0v) is 13.4. The molecule has 0 fully saturated rings. The summed E-state index contributed by atoms with van der Waals surface area (Å²) in [5, 5.41) is 4.92. The molecular weight excluding hydrogens is 292 g/mol. The molecule has 0 bridgehead atoms. The van der Waals surface area contributed by atoms with Crippen molar-refractivity contribution in [2.45, 2.75) is 6.92 Å². The minimum absolute atomic E-state index is 0.942. The first kappa shape index (κ1) is 13.4. The summed E-state index contributed by atoms with van der Waals surface area (Å²) in [7, 11) is 0. The molecule has 1 aromatic heterocycles. The van der Waals surface area contributed by atoms with Crippen molar-refractivity contribution < 1.29 is 4.42 Å². The summed E-state index contributed by atoms with van der Waals surface area (Å²) in [6.45, 7) is 2.18. The summed E-state index contributed by atoms with van der Waals surface area (Å²) in [5.41, 5.74) is 5.72. The van der Waals surface area contributed by atoms with E-state index in [0.29, 0.717) is 0 Å². The van der Waals surface area contributed by atoms with Gasteiger partial charge in [0.25, 0.3) is 0 Å². The van der Waals surface area contributed by atoms with E-state index in [2.05, 4.69) is 73.7 Å². The summed E-state index contributed by atoms with van der Waals surface area (Å²) in [6.07, 6.45) is 0. The lowest BCUT2D eigenvalue weighted by Gasteiger charge is -2.11. The van der Waals surface area contributed by atoms with Crippen molar-refractivity contribution in [2.24, 2.45) is 0 Å². The molecule has 0 N–H and O–H groups in total. The van der Waals surface area contributed by atoms with Crippen molar-refractivity contribution >= 4 is 32.7 Å². The number of furan rings is 1. The van der Waals surface area contributed by atoms with Gasteiger partial charge < -0.3 is 4.42 Å². The van der Waals surface area contributed by atoms with Crippen molar-refractivity contribution in [1.29, 1.82) is 0 Å². The number of hydrogen-bond acceptors (Lipinski definition) is 1. The van der Waals surface area contributed by atoms with Crippen LogP contribution in [0.3, 0.4) is 0 Å². The van der Waals surface area contributed by atoms with Gasteiger partial charge >= 0.3 is 0 Å². The molecule has 0 saturated carbocycles. The van der Waals surface area contributed by atoms with Crippen LogP contribution < -0.4 is 0 Å². The minimum atomic E-state index is 0.942. The van der Waals surface area contributed by atoms with Crippen molar-refractivity contribution in [3.8, 4) is 11.1 Å². The molecule has 0 aliphatic rings. The van der Waals surface area contributed by atoms with E-state index in [4.69, 9.17) is 4.42 Å². The van der Waals surface area contributed by atoms with Gasteiger partial charge in [0.2, 0.25) is 0 Å². The SMILES string of the molecule is Cc1ccc2ccccc2c1-c1ccc2oc3ccccc3c2c1. The Morgan fingerprint density at radius 1 is 0.625 bits per heavy atom. The fourth-order valence-electron chi connectivity index (χ4n) is 3.65. The molecule has 0 spiro atoms. The van der Waals surface area contributed by atoms with Crippen LogP contribution in [0.5, 0.6) is 0 Å². The predicted octanol–water partition coefficient (Wildman–Crippen LogP) is 6.71. The second kappa shape index (κ2) is 4.97. The number of para-hydroxylation sites is 1. The second-order valence-corrected chi connectivity index (χ2v) is 6.29. The van der Waals surface area contributed by atoms with E-state index in [1.54, 1.807) is 0 Å². The summed E-state index contributed by atoms with van der Waals surface area (Å²) in [4.78, 5) is 0. The molecule has 5 aromatic rings. The molecule has 0 unspecified atom stereocenters. The van der Waals surface area contributed by atoms with Crippen LogP contribution in [0.4, 0.5) is 0 Å². The Bertz CT molecular complexity index is 1210. The molecule has 0 radical (unpaired) electrons. The van der Waals surface area contributed by atoms with E-state index < -0.39 is 0 Å². The molecule has 4 aromatic carbocycles. The average Bonchev–Trinajstić information content (AvgIpc) is 2.99. The zero-order chi connectivity index (χ0) is 16.1. The first-order valence-electron chi connectivity index (χ1n) is 8.21. The van der Waals surface area contributed by atoms with E-state index in [0.717, 1.165) is 11.2 Å². The minimum Gasteiger partial charge on any atom is -0.456 e. The molecule has 114 valence electrons. The molecule has 1 nitrogen and oxygen atoms in total. The molecule has 1 heterocycles. The fourth-order valence-corrected chi connectivity index (χ4v) is 3.65. The van der Waals surface area contributed by atoms with Crippen LogP contribution in [0, 0.1) is 6.92 Å². The van der Waals surface area contributed by atoms with Gasteiger partial charge in [-0.15, -0.1) is 0 Å². The maximum absolute atomic E-state index is 5.96. The Morgan fingerprint density at radius 3 is 2.29 bits per heavy atom. The van der Waals surface area contributed by atoms with E-state index in [-0.39, 0.29) is 0 Å². The molecule has 0 amide bonds. The van der Waals surface area contributed by atoms with Crippen LogP contribution in [-0.4, -0.2) is 0 Å². The Balaban J connectivity index is 1.87. The molecule has 0 aliphatic heterocycles. The van der Waals surface area contributed by atoms with Crippen molar-refractivity contribution in [2.75, 3.05) is 0 Å². The summed E-state index contributed by atoms with van der Waals surface area (Å²) in [5.74, 6) is 0. The van der Waals surface area contributed by atoms with E-state index in [1.807, 2.05) is 12.1 Å². The zero-order valence-electron chi connectivity index (χ0n) is 13.4. The maximum Gasteiger partial charge on any atom is 0.135 e. The number of fused-ring (bicyclic) bond motifs is 4. The quantitative estimate of drug-likeness (QED) is 0.335. The highest BCUT2D eigenvalue weighted by Gasteiger charge is 2.11. The topological polar surface area (TPSA) is 13.1 Å². The lowest BCUT2D eigenvalue weighted by molar-refractivity contribution is 0.669. The lowest BCUT2D eigenvalue weighted by atomic mass is 9.93. The van der Waals surface area contributed by atoms with Crippen molar-refractivity contribution in [3.05, 3.63) is 84.4 Å². The first-order chi connectivity index (χ1) is 11.8. The van der Waals surface area contributed by atoms with Crippen LogP contribution in [0.1, 0.15) is 5.56 Å². The number of benzene rings is 4. The Morgan fingerprint density at radius 2 is 1.38 bits per heavy atom. The van der Waals surface area contributed by atoms with E-state index in [1.165, 1.54) is 38.2 Å². The number of rotatable bonds is 1. The molecule has 0 aliphatic carbocycles. The summed E-state index contributed by atoms with van der Waals surface area (Å²) < 4.78 is 5.96. The van der Waals surface area contributed by atoms with Gasteiger partial charge in [-0.2, -0.15) is 0 Å². The highest BCUT2D eigenvalue weighted by molar-refractivity contribution is 6.08. The Hall–Kier alpha value is -3.06. The van der Waals surface area contributed by atoms with Gasteiger partial charge in [-0.3, -0.25) is 0 Å². The molecule has 0 atom stereocenters. The van der Waals surface area contributed by atoms with Crippen molar-refractivity contribution in [3.63, 3.8) is 0 Å². The third-order valence-corrected chi connectivity index (χ3v) is 4.80. The van der Waals surface area contributed by atoms with Gasteiger partial charge in [0.15, 0.2) is 0 Å². The maximum atomic E-state index is 5.96. The highest BCUT2D eigenvalue weighted by atomic mass is 16.3. The summed E-state index contributed by atoms with van der Waals surface area (Å²) in [6, 6.07) is 27.7. The third kappa shape index (κ3) is 1.88. The second-order valence-electron chi connectivity index (χ2n) is 6.29. The van der Waals surface area contributed by atoms with Crippen LogP contribution in [0.25, 0.3) is 43.8 Å². The smallest absolute Gasteiger partial charge is 0.135 e. The number of hydrogen-bond donors (Lipinski definition) is 0. The molecular formula is C23H16O. The Kier molecular flexibility index (Phi) is 2.77. The predicted molar refractivity (Wildman–Crippen MR) is 101 cm³/mol. The van der Waals surface area contributed by atoms with Crippen LogP contribution >= 0.6 is 0 Å². The van der Waals surface area contributed by atoms with E-state index in [9.17, 15) is 0 Å². The van der Waals surface area contributed by atoms with E-state index >= 15 is 0 Å². The molecule has 24 heavy (non-hydrogen) atoms. The lowest BCUT2D eigenvalue weighted by Crippen LogP contribution is -1.86. The Labute approximate surface area is 140 Å². The van der Waals surface area contributed by atoms with Crippen LogP contribution in [-0.2, 0) is 0 Å².